The van der Waals surface area contributed by atoms with Crippen molar-refractivity contribution in [2.45, 2.75) is 0 Å². The molecule has 1 amide bonds. The minimum absolute atomic E-state index is 0.0894. The maximum absolute atomic E-state index is 12.4. The lowest BCUT2D eigenvalue weighted by Crippen LogP contribution is -2.17. The van der Waals surface area contributed by atoms with E-state index in [2.05, 4.69) is 10.5 Å². The number of nitrogens with zero attached hydrogens (tertiary/aromatic N) is 1. The van der Waals surface area contributed by atoms with E-state index in [4.69, 9.17) is 27.6 Å². The molecule has 0 fully saturated rings. The van der Waals surface area contributed by atoms with Gasteiger partial charge in [0.25, 0.3) is 5.91 Å². The van der Waals surface area contributed by atoms with Gasteiger partial charge in [0.15, 0.2) is 0 Å². The number of nitrogens with one attached hydrogen (secondary N) is 1. The molecule has 5 nitrogen and oxygen atoms in total. The van der Waals surface area contributed by atoms with Crippen LogP contribution in [0.3, 0.4) is 0 Å². The molecule has 3 aromatic carbocycles. The lowest BCUT2D eigenvalue weighted by Gasteiger charge is -2.06. The predicted molar refractivity (Wildman–Crippen MR) is 115 cm³/mol. The number of phenolic OH excluding ortho intramolecular Hbond substituents is 1. The van der Waals surface area contributed by atoms with Crippen molar-refractivity contribution < 1.29 is 14.3 Å². The molecule has 0 aliphatic rings. The average Bonchev–Trinajstić information content (AvgIpc) is 3.17. The summed E-state index contributed by atoms with van der Waals surface area (Å²) in [4.78, 5) is 12.4. The van der Waals surface area contributed by atoms with E-state index >= 15 is 0 Å². The van der Waals surface area contributed by atoms with Crippen molar-refractivity contribution in [2.75, 3.05) is 0 Å². The number of furan rings is 1. The van der Waals surface area contributed by atoms with Crippen molar-refractivity contribution in [2.24, 2.45) is 5.10 Å². The second-order valence-electron chi connectivity index (χ2n) is 6.21. The van der Waals surface area contributed by atoms with Crippen LogP contribution in [0.5, 0.6) is 5.75 Å². The van der Waals surface area contributed by atoms with Gasteiger partial charge in [0, 0.05) is 16.0 Å². The standard InChI is InChI=1S/C22H14Cl2N2O3/c23-14-6-9-17(19(24)11-14)20-10-7-15(29-20)12-25-26-22(28)18-8-5-13-3-1-2-4-16(13)21(18)27/h1-12,27H,(H,26,28)/b25-12+. The summed E-state index contributed by atoms with van der Waals surface area (Å²) in [5, 5.41) is 16.7. The SMILES string of the molecule is O=C(N/N=C/c1ccc(-c2ccc(Cl)cc2Cl)o1)c1ccc2ccccc2c1O. The molecule has 0 spiro atoms. The van der Waals surface area contributed by atoms with Crippen LogP contribution in [0.15, 0.2) is 76.2 Å². The summed E-state index contributed by atoms with van der Waals surface area (Å²) in [6.07, 6.45) is 1.36. The highest BCUT2D eigenvalue weighted by atomic mass is 35.5. The first-order valence-electron chi connectivity index (χ1n) is 8.62. The second-order valence-corrected chi connectivity index (χ2v) is 7.05. The molecule has 0 saturated carbocycles. The first kappa shape index (κ1) is 19.1. The molecule has 1 aromatic heterocycles. The third-order valence-corrected chi connectivity index (χ3v) is 4.87. The number of hydrogen-bond donors (Lipinski definition) is 2. The van der Waals surface area contributed by atoms with Crippen molar-refractivity contribution in [3.8, 4) is 17.1 Å². The van der Waals surface area contributed by atoms with Crippen LogP contribution in [0.4, 0.5) is 0 Å². The number of benzene rings is 3. The molecule has 1 heterocycles. The molecule has 0 aliphatic carbocycles. The van der Waals surface area contributed by atoms with Gasteiger partial charge in [0.2, 0.25) is 0 Å². The zero-order chi connectivity index (χ0) is 20.4. The number of fused-ring (bicyclic) bond motifs is 1. The van der Waals surface area contributed by atoms with E-state index in [0.29, 0.717) is 32.5 Å². The maximum Gasteiger partial charge on any atom is 0.275 e. The fourth-order valence-corrected chi connectivity index (χ4v) is 3.41. The average molecular weight is 425 g/mol. The predicted octanol–water partition coefficient (Wildman–Crippen LogP) is 5.88. The minimum atomic E-state index is -0.531. The van der Waals surface area contributed by atoms with Crippen LogP contribution in [0, 0.1) is 0 Å². The monoisotopic (exact) mass is 424 g/mol. The minimum Gasteiger partial charge on any atom is -0.506 e. The van der Waals surface area contributed by atoms with Gasteiger partial charge in [-0.3, -0.25) is 4.79 Å². The number of carbonyl (C=O) groups is 1. The van der Waals surface area contributed by atoms with Crippen LogP contribution in [0.2, 0.25) is 10.0 Å². The Morgan fingerprint density at radius 1 is 1.03 bits per heavy atom. The number of phenols is 1. The van der Waals surface area contributed by atoms with Crippen LogP contribution in [0.1, 0.15) is 16.1 Å². The van der Waals surface area contributed by atoms with Gasteiger partial charge in [0.05, 0.1) is 16.8 Å². The molecule has 7 heteroatoms. The summed E-state index contributed by atoms with van der Waals surface area (Å²) in [6, 6.07) is 19.1. The summed E-state index contributed by atoms with van der Waals surface area (Å²) in [5.74, 6) is 0.353. The normalized spacial score (nSPS) is 11.2. The van der Waals surface area contributed by atoms with Crippen LogP contribution in [-0.4, -0.2) is 17.2 Å². The molecule has 0 atom stereocenters. The molecular weight excluding hydrogens is 411 g/mol. The quantitative estimate of drug-likeness (QED) is 0.317. The zero-order valence-electron chi connectivity index (χ0n) is 14.9. The Hall–Kier alpha value is -3.28. The van der Waals surface area contributed by atoms with Crippen LogP contribution >= 0.6 is 23.2 Å². The Labute approximate surface area is 176 Å². The maximum atomic E-state index is 12.4. The molecular formula is C22H14Cl2N2O3. The second kappa shape index (κ2) is 7.99. The molecule has 144 valence electrons. The van der Waals surface area contributed by atoms with Crippen LogP contribution < -0.4 is 5.43 Å². The Balaban J connectivity index is 1.49. The first-order chi connectivity index (χ1) is 14.0. The number of halogens is 2. The molecule has 2 N–H and O–H groups in total. The molecule has 0 aliphatic heterocycles. The van der Waals surface area contributed by atoms with Gasteiger partial charge in [-0.15, -0.1) is 0 Å². The van der Waals surface area contributed by atoms with E-state index < -0.39 is 5.91 Å². The van der Waals surface area contributed by atoms with Gasteiger partial charge in [0.1, 0.15) is 17.3 Å². The Morgan fingerprint density at radius 2 is 1.86 bits per heavy atom. The Kier molecular flexibility index (Phi) is 5.25. The third kappa shape index (κ3) is 3.97. The largest absolute Gasteiger partial charge is 0.506 e. The molecule has 0 unspecified atom stereocenters. The fraction of sp³-hybridized carbons (Fsp3) is 0. The number of hydrogen-bond acceptors (Lipinski definition) is 4. The van der Waals surface area contributed by atoms with Gasteiger partial charge >= 0.3 is 0 Å². The molecule has 4 aromatic rings. The number of rotatable bonds is 4. The highest BCUT2D eigenvalue weighted by molar-refractivity contribution is 6.36. The molecule has 4 rings (SSSR count). The number of hydrazone groups is 1. The van der Waals surface area contributed by atoms with E-state index in [1.165, 1.54) is 6.21 Å². The third-order valence-electron chi connectivity index (χ3n) is 4.33. The van der Waals surface area contributed by atoms with Crippen molar-refractivity contribution in [3.63, 3.8) is 0 Å². The summed E-state index contributed by atoms with van der Waals surface area (Å²) in [7, 11) is 0. The van der Waals surface area contributed by atoms with Crippen molar-refractivity contribution in [3.05, 3.63) is 88.1 Å². The summed E-state index contributed by atoms with van der Waals surface area (Å²) in [5.41, 5.74) is 3.22. The molecule has 0 radical (unpaired) electrons. The van der Waals surface area contributed by atoms with Crippen molar-refractivity contribution in [1.29, 1.82) is 0 Å². The highest BCUT2D eigenvalue weighted by Gasteiger charge is 2.13. The molecule has 0 bridgehead atoms. The number of aromatic hydroxyl groups is 1. The van der Waals surface area contributed by atoms with E-state index in [0.717, 1.165) is 5.39 Å². The highest BCUT2D eigenvalue weighted by Crippen LogP contribution is 2.31. The van der Waals surface area contributed by atoms with Crippen LogP contribution in [0.25, 0.3) is 22.1 Å². The summed E-state index contributed by atoms with van der Waals surface area (Å²) < 4.78 is 5.68. The topological polar surface area (TPSA) is 74.8 Å². The van der Waals surface area contributed by atoms with Gasteiger partial charge in [-0.05, 0) is 41.8 Å². The summed E-state index contributed by atoms with van der Waals surface area (Å²) >= 11 is 12.1. The molecule has 0 saturated heterocycles. The van der Waals surface area contributed by atoms with Crippen molar-refractivity contribution in [1.82, 2.24) is 5.43 Å². The Morgan fingerprint density at radius 3 is 2.69 bits per heavy atom. The van der Waals surface area contributed by atoms with Crippen LogP contribution in [-0.2, 0) is 0 Å². The van der Waals surface area contributed by atoms with E-state index in [-0.39, 0.29) is 11.3 Å². The lowest BCUT2D eigenvalue weighted by molar-refractivity contribution is 0.0952. The zero-order valence-corrected chi connectivity index (χ0v) is 16.4. The van der Waals surface area contributed by atoms with E-state index in [9.17, 15) is 9.90 Å². The lowest BCUT2D eigenvalue weighted by atomic mass is 10.1. The van der Waals surface area contributed by atoms with Gasteiger partial charge in [-0.1, -0.05) is 53.5 Å². The smallest absolute Gasteiger partial charge is 0.275 e. The fourth-order valence-electron chi connectivity index (χ4n) is 2.91. The van der Waals surface area contributed by atoms with E-state index in [1.807, 2.05) is 12.1 Å². The molecule has 29 heavy (non-hydrogen) atoms. The van der Waals surface area contributed by atoms with Crippen molar-refractivity contribution >= 4 is 46.1 Å². The van der Waals surface area contributed by atoms with Gasteiger partial charge in [-0.25, -0.2) is 5.43 Å². The van der Waals surface area contributed by atoms with Gasteiger partial charge in [-0.2, -0.15) is 5.10 Å². The Bertz CT molecular complexity index is 1250. The van der Waals surface area contributed by atoms with Gasteiger partial charge < -0.3 is 9.52 Å². The first-order valence-corrected chi connectivity index (χ1v) is 9.38. The van der Waals surface area contributed by atoms with E-state index in [1.54, 1.807) is 54.6 Å². The summed E-state index contributed by atoms with van der Waals surface area (Å²) in [6.45, 7) is 0. The number of carbonyl (C=O) groups excluding carboxylic acids is 1. The number of amides is 1.